The molecule has 0 N–H and O–H groups in total. The average Bonchev–Trinajstić information content (AvgIpc) is 2.71. The topological polar surface area (TPSA) is 28.0 Å². The lowest BCUT2D eigenvalue weighted by Crippen LogP contribution is -2.34. The van der Waals surface area contributed by atoms with Crippen LogP contribution in [-0.2, 0) is 0 Å². The minimum atomic E-state index is 0.192. The first-order chi connectivity index (χ1) is 12.8. The first-order valence-corrected chi connectivity index (χ1v) is 8.86. The van der Waals surface area contributed by atoms with Gasteiger partial charge in [0.05, 0.1) is 11.4 Å². The Morgan fingerprint density at radius 3 is 2.04 bits per heavy atom. The van der Waals surface area contributed by atoms with Crippen LogP contribution in [0, 0.1) is 0 Å². The van der Waals surface area contributed by atoms with Crippen LogP contribution < -0.4 is 0 Å². The summed E-state index contributed by atoms with van der Waals surface area (Å²) in [5.74, 6) is 1.17. The lowest BCUT2D eigenvalue weighted by Gasteiger charge is -2.30. The summed E-state index contributed by atoms with van der Waals surface area (Å²) in [6.45, 7) is 0. The fourth-order valence-corrected chi connectivity index (χ4v) is 3.30. The number of para-hydroxylation sites is 1. The van der Waals surface area contributed by atoms with E-state index in [2.05, 4.69) is 54.6 Å². The Labute approximate surface area is 154 Å². The van der Waals surface area contributed by atoms with Crippen molar-refractivity contribution in [3.63, 3.8) is 0 Å². The van der Waals surface area contributed by atoms with Crippen molar-refractivity contribution < 1.29 is 0 Å². The highest BCUT2D eigenvalue weighted by Crippen LogP contribution is 2.31. The third-order valence-corrected chi connectivity index (χ3v) is 4.63. The Morgan fingerprint density at radius 2 is 1.38 bits per heavy atom. The van der Waals surface area contributed by atoms with Crippen molar-refractivity contribution in [3.8, 4) is 0 Å². The van der Waals surface area contributed by atoms with Gasteiger partial charge in [-0.15, -0.1) is 0 Å². The highest BCUT2D eigenvalue weighted by molar-refractivity contribution is 6.09. The molecular weight excluding hydrogens is 318 g/mol. The van der Waals surface area contributed by atoms with E-state index in [0.717, 1.165) is 29.2 Å². The van der Waals surface area contributed by atoms with Crippen molar-refractivity contribution in [2.75, 3.05) is 7.05 Å². The van der Waals surface area contributed by atoms with Gasteiger partial charge in [0, 0.05) is 19.4 Å². The van der Waals surface area contributed by atoms with Crippen molar-refractivity contribution in [2.24, 2.45) is 10.1 Å². The molecule has 0 radical (unpaired) electrons. The van der Waals surface area contributed by atoms with Crippen LogP contribution in [0.2, 0.25) is 0 Å². The minimum Gasteiger partial charge on any atom is -0.254 e. The third-order valence-electron chi connectivity index (χ3n) is 4.63. The molecule has 0 bridgehead atoms. The van der Waals surface area contributed by atoms with Gasteiger partial charge in [0.1, 0.15) is 5.84 Å². The van der Waals surface area contributed by atoms with Crippen molar-refractivity contribution in [1.82, 2.24) is 5.01 Å². The smallest absolute Gasteiger partial charge is 0.126 e. The van der Waals surface area contributed by atoms with E-state index in [1.165, 1.54) is 5.56 Å². The van der Waals surface area contributed by atoms with Crippen LogP contribution in [0.4, 0.5) is 5.69 Å². The number of amidine groups is 1. The van der Waals surface area contributed by atoms with Crippen LogP contribution >= 0.6 is 0 Å². The Kier molecular flexibility index (Phi) is 4.61. The molecule has 0 amide bonds. The molecule has 1 unspecified atom stereocenters. The molecular formula is C23H21N3. The van der Waals surface area contributed by atoms with Crippen LogP contribution in [0.1, 0.15) is 23.5 Å². The van der Waals surface area contributed by atoms with Gasteiger partial charge in [0.25, 0.3) is 0 Å². The van der Waals surface area contributed by atoms with E-state index in [9.17, 15) is 0 Å². The number of hydrogen-bond donors (Lipinski definition) is 0. The van der Waals surface area contributed by atoms with Crippen LogP contribution in [0.3, 0.4) is 0 Å². The zero-order valence-corrected chi connectivity index (χ0v) is 14.8. The molecule has 1 aliphatic heterocycles. The van der Waals surface area contributed by atoms with E-state index in [1.807, 2.05) is 48.5 Å². The molecule has 0 spiro atoms. The van der Waals surface area contributed by atoms with E-state index >= 15 is 0 Å². The Bertz CT molecular complexity index is 915. The van der Waals surface area contributed by atoms with Crippen molar-refractivity contribution in [2.45, 2.75) is 12.3 Å². The van der Waals surface area contributed by atoms with Gasteiger partial charge < -0.3 is 0 Å². The maximum Gasteiger partial charge on any atom is 0.126 e. The highest BCUT2D eigenvalue weighted by Gasteiger charge is 2.28. The molecule has 3 nitrogen and oxygen atoms in total. The molecule has 0 saturated heterocycles. The SMILES string of the molecule is CN1N=C(c2ccccc2)C(c2ccccc2)CC1=Nc1ccccc1. The molecule has 1 heterocycles. The summed E-state index contributed by atoms with van der Waals surface area (Å²) in [4.78, 5) is 4.84. The van der Waals surface area contributed by atoms with Gasteiger partial charge >= 0.3 is 0 Å². The number of benzene rings is 3. The van der Waals surface area contributed by atoms with Gasteiger partial charge in [-0.1, -0.05) is 78.9 Å². The number of nitrogens with zero attached hydrogens (tertiary/aromatic N) is 3. The molecule has 0 saturated carbocycles. The second-order valence-electron chi connectivity index (χ2n) is 6.41. The lowest BCUT2D eigenvalue weighted by atomic mass is 9.86. The second-order valence-corrected chi connectivity index (χ2v) is 6.41. The summed E-state index contributed by atoms with van der Waals surface area (Å²) in [5, 5.41) is 6.82. The molecule has 0 fully saturated rings. The normalized spacial score (nSPS) is 18.7. The largest absolute Gasteiger partial charge is 0.254 e. The number of rotatable bonds is 3. The van der Waals surface area contributed by atoms with E-state index in [-0.39, 0.29) is 5.92 Å². The quantitative estimate of drug-likeness (QED) is 0.641. The van der Waals surface area contributed by atoms with Crippen LogP contribution in [0.5, 0.6) is 0 Å². The molecule has 0 aliphatic carbocycles. The summed E-state index contributed by atoms with van der Waals surface area (Å²) in [7, 11) is 1.98. The standard InChI is InChI=1S/C23H21N3/c1-26-22(24-20-15-9-4-10-16-20)17-21(18-11-5-2-6-12-18)23(25-26)19-13-7-3-8-14-19/h2-16,21H,17H2,1H3. The van der Waals surface area contributed by atoms with E-state index in [0.29, 0.717) is 0 Å². The molecule has 1 aliphatic rings. The summed E-state index contributed by atoms with van der Waals surface area (Å²) >= 11 is 0. The van der Waals surface area contributed by atoms with Crippen molar-refractivity contribution in [1.29, 1.82) is 0 Å². The predicted molar refractivity (Wildman–Crippen MR) is 108 cm³/mol. The van der Waals surface area contributed by atoms with Crippen LogP contribution in [-0.4, -0.2) is 23.6 Å². The Morgan fingerprint density at radius 1 is 0.808 bits per heavy atom. The van der Waals surface area contributed by atoms with E-state index in [1.54, 1.807) is 0 Å². The predicted octanol–water partition coefficient (Wildman–Crippen LogP) is 5.24. The lowest BCUT2D eigenvalue weighted by molar-refractivity contribution is 0.506. The molecule has 4 rings (SSSR count). The average molecular weight is 339 g/mol. The first kappa shape index (κ1) is 16.3. The van der Waals surface area contributed by atoms with Crippen LogP contribution in [0.15, 0.2) is 101 Å². The first-order valence-electron chi connectivity index (χ1n) is 8.86. The molecule has 26 heavy (non-hydrogen) atoms. The maximum absolute atomic E-state index is 4.91. The van der Waals surface area contributed by atoms with Gasteiger partial charge in [-0.05, 0) is 23.3 Å². The van der Waals surface area contributed by atoms with Gasteiger partial charge in [0.15, 0.2) is 0 Å². The summed E-state index contributed by atoms with van der Waals surface area (Å²) < 4.78 is 0. The molecule has 3 aromatic rings. The maximum atomic E-state index is 4.91. The molecule has 3 heteroatoms. The Hall–Kier alpha value is -3.20. The summed E-state index contributed by atoms with van der Waals surface area (Å²) in [5.41, 5.74) is 4.47. The highest BCUT2D eigenvalue weighted by atomic mass is 15.5. The Balaban J connectivity index is 1.78. The third kappa shape index (κ3) is 3.42. The van der Waals surface area contributed by atoms with Gasteiger partial charge in [-0.3, -0.25) is 5.01 Å². The van der Waals surface area contributed by atoms with Crippen LogP contribution in [0.25, 0.3) is 0 Å². The van der Waals surface area contributed by atoms with Gasteiger partial charge in [-0.25, -0.2) is 4.99 Å². The molecule has 128 valence electrons. The van der Waals surface area contributed by atoms with E-state index in [4.69, 9.17) is 10.1 Å². The molecule has 0 aromatic heterocycles. The zero-order valence-electron chi connectivity index (χ0n) is 14.8. The van der Waals surface area contributed by atoms with Crippen molar-refractivity contribution >= 4 is 17.2 Å². The fraction of sp³-hybridized carbons (Fsp3) is 0.130. The van der Waals surface area contributed by atoms with Gasteiger partial charge in [0.2, 0.25) is 0 Å². The fourth-order valence-electron chi connectivity index (χ4n) is 3.30. The van der Waals surface area contributed by atoms with E-state index < -0.39 is 0 Å². The monoisotopic (exact) mass is 339 g/mol. The van der Waals surface area contributed by atoms with Gasteiger partial charge in [-0.2, -0.15) is 5.10 Å². The zero-order chi connectivity index (χ0) is 17.8. The second kappa shape index (κ2) is 7.36. The number of hydrogen-bond acceptors (Lipinski definition) is 2. The summed E-state index contributed by atoms with van der Waals surface area (Å²) in [6, 6.07) is 31.1. The number of aliphatic imine (C=N–C) groups is 1. The summed E-state index contributed by atoms with van der Waals surface area (Å²) in [6.07, 6.45) is 0.823. The molecule has 3 aromatic carbocycles. The number of hydrazone groups is 1. The van der Waals surface area contributed by atoms with Crippen molar-refractivity contribution in [3.05, 3.63) is 102 Å². The molecule has 1 atom stereocenters. The minimum absolute atomic E-state index is 0.192.